The predicted octanol–water partition coefficient (Wildman–Crippen LogP) is 1.13. The first-order valence-corrected chi connectivity index (χ1v) is 5.60. The number of nitrogens with two attached hydrogens (primary N) is 1. The normalized spacial score (nSPS) is 10.9. The first kappa shape index (κ1) is 12.9. The highest BCUT2D eigenvalue weighted by Crippen LogP contribution is 2.18. The van der Waals surface area contributed by atoms with E-state index in [1.807, 2.05) is 13.8 Å². The van der Waals surface area contributed by atoms with Gasteiger partial charge >= 0.3 is 0 Å². The second-order valence-electron chi connectivity index (χ2n) is 4.31. The zero-order valence-corrected chi connectivity index (χ0v) is 10.7. The fourth-order valence-electron chi connectivity index (χ4n) is 1.68. The molecule has 0 spiro atoms. The lowest BCUT2D eigenvalue weighted by atomic mass is 10.1. The van der Waals surface area contributed by atoms with E-state index in [4.69, 9.17) is 5.73 Å². The van der Waals surface area contributed by atoms with E-state index in [0.29, 0.717) is 6.54 Å². The Morgan fingerprint density at radius 3 is 2.62 bits per heavy atom. The smallest absolute Gasteiger partial charge is 0.0441 e. The van der Waals surface area contributed by atoms with Crippen molar-refractivity contribution in [2.24, 2.45) is 5.73 Å². The fraction of sp³-hybridized carbons (Fsp3) is 0.583. The first-order chi connectivity index (χ1) is 7.54. The largest absolute Gasteiger partial charge is 0.383 e. The molecule has 0 aliphatic carbocycles. The van der Waals surface area contributed by atoms with Crippen molar-refractivity contribution in [2.75, 3.05) is 32.5 Å². The third kappa shape index (κ3) is 3.47. The second-order valence-corrected chi connectivity index (χ2v) is 4.31. The molecular formula is C12H22N4. The van der Waals surface area contributed by atoms with Gasteiger partial charge in [0.25, 0.3) is 0 Å². The molecule has 0 aliphatic heterocycles. The summed E-state index contributed by atoms with van der Waals surface area (Å²) in [6.07, 6.45) is 0. The number of aryl methyl sites for hydroxylation is 2. The predicted molar refractivity (Wildman–Crippen MR) is 68.6 cm³/mol. The summed E-state index contributed by atoms with van der Waals surface area (Å²) in [5, 5.41) is 3.42. The van der Waals surface area contributed by atoms with Crippen molar-refractivity contribution in [3.8, 4) is 0 Å². The van der Waals surface area contributed by atoms with Crippen molar-refractivity contribution < 1.29 is 0 Å². The minimum Gasteiger partial charge on any atom is -0.383 e. The van der Waals surface area contributed by atoms with E-state index in [1.165, 1.54) is 0 Å². The van der Waals surface area contributed by atoms with Gasteiger partial charge in [-0.2, -0.15) is 0 Å². The Bertz CT molecular complexity index is 347. The van der Waals surface area contributed by atoms with Gasteiger partial charge in [-0.25, -0.2) is 0 Å². The van der Waals surface area contributed by atoms with Gasteiger partial charge in [0.05, 0.1) is 0 Å². The Hall–Kier alpha value is -1.13. The number of anilines is 1. The topological polar surface area (TPSA) is 54.2 Å². The van der Waals surface area contributed by atoms with E-state index in [0.717, 1.165) is 35.7 Å². The lowest BCUT2D eigenvalue weighted by molar-refractivity contribution is 0.425. The highest BCUT2D eigenvalue weighted by Gasteiger charge is 2.06. The maximum Gasteiger partial charge on any atom is 0.0441 e. The highest BCUT2D eigenvalue weighted by molar-refractivity contribution is 5.53. The first-order valence-electron chi connectivity index (χ1n) is 5.60. The summed E-state index contributed by atoms with van der Waals surface area (Å²) in [4.78, 5) is 6.57. The number of rotatable bonds is 5. The van der Waals surface area contributed by atoms with Gasteiger partial charge in [0.15, 0.2) is 0 Å². The van der Waals surface area contributed by atoms with Crippen molar-refractivity contribution >= 4 is 5.69 Å². The van der Waals surface area contributed by atoms with E-state index in [9.17, 15) is 0 Å². The SMILES string of the molecule is Cc1cc(NCCN(C)C)c(CN)c(C)n1. The molecular weight excluding hydrogens is 200 g/mol. The molecule has 3 N–H and O–H groups in total. The van der Waals surface area contributed by atoms with Crippen molar-refractivity contribution in [1.29, 1.82) is 0 Å². The number of aromatic nitrogens is 1. The average molecular weight is 222 g/mol. The summed E-state index contributed by atoms with van der Waals surface area (Å²) in [6.45, 7) is 6.47. The lowest BCUT2D eigenvalue weighted by Gasteiger charge is -2.15. The van der Waals surface area contributed by atoms with E-state index in [-0.39, 0.29) is 0 Å². The minimum absolute atomic E-state index is 0.531. The Balaban J connectivity index is 2.77. The zero-order chi connectivity index (χ0) is 12.1. The molecule has 0 amide bonds. The summed E-state index contributed by atoms with van der Waals surface area (Å²) in [5.41, 5.74) is 10.0. The summed E-state index contributed by atoms with van der Waals surface area (Å²) < 4.78 is 0. The Morgan fingerprint density at radius 2 is 2.06 bits per heavy atom. The molecule has 0 fully saturated rings. The number of hydrogen-bond acceptors (Lipinski definition) is 4. The van der Waals surface area contributed by atoms with Crippen LogP contribution in [0.15, 0.2) is 6.07 Å². The summed E-state index contributed by atoms with van der Waals surface area (Å²) in [6, 6.07) is 2.06. The van der Waals surface area contributed by atoms with Crippen LogP contribution < -0.4 is 11.1 Å². The van der Waals surface area contributed by atoms with Crippen molar-refractivity contribution in [1.82, 2.24) is 9.88 Å². The maximum atomic E-state index is 5.74. The van der Waals surface area contributed by atoms with Crippen LogP contribution in [0.2, 0.25) is 0 Å². The molecule has 1 aromatic rings. The molecule has 0 saturated heterocycles. The molecule has 1 rings (SSSR count). The van der Waals surface area contributed by atoms with Gasteiger partial charge < -0.3 is 16.0 Å². The average Bonchev–Trinajstić information content (AvgIpc) is 2.16. The third-order valence-corrected chi connectivity index (χ3v) is 2.54. The van der Waals surface area contributed by atoms with Crippen molar-refractivity contribution in [2.45, 2.75) is 20.4 Å². The van der Waals surface area contributed by atoms with Gasteiger partial charge in [-0.15, -0.1) is 0 Å². The quantitative estimate of drug-likeness (QED) is 0.784. The van der Waals surface area contributed by atoms with Gasteiger partial charge in [0, 0.05) is 42.3 Å². The molecule has 0 bridgehead atoms. The molecule has 4 nitrogen and oxygen atoms in total. The van der Waals surface area contributed by atoms with Crippen LogP contribution in [0.5, 0.6) is 0 Å². The van der Waals surface area contributed by atoms with Gasteiger partial charge in [-0.1, -0.05) is 0 Å². The van der Waals surface area contributed by atoms with Gasteiger partial charge in [0.1, 0.15) is 0 Å². The van der Waals surface area contributed by atoms with Crippen LogP contribution in [0, 0.1) is 13.8 Å². The minimum atomic E-state index is 0.531. The number of pyridine rings is 1. The van der Waals surface area contributed by atoms with Crippen LogP contribution in [-0.2, 0) is 6.54 Å². The summed E-state index contributed by atoms with van der Waals surface area (Å²) in [5.74, 6) is 0. The molecule has 0 aliphatic rings. The van der Waals surface area contributed by atoms with Gasteiger partial charge in [-0.05, 0) is 34.0 Å². The van der Waals surface area contributed by atoms with Crippen LogP contribution >= 0.6 is 0 Å². The van der Waals surface area contributed by atoms with E-state index < -0.39 is 0 Å². The number of likely N-dealkylation sites (N-methyl/N-ethyl adjacent to an activating group) is 1. The van der Waals surface area contributed by atoms with Crippen LogP contribution in [0.4, 0.5) is 5.69 Å². The molecule has 0 unspecified atom stereocenters. The van der Waals surface area contributed by atoms with E-state index in [2.05, 4.69) is 35.4 Å². The molecule has 90 valence electrons. The zero-order valence-electron chi connectivity index (χ0n) is 10.7. The number of nitrogens with one attached hydrogen (secondary N) is 1. The Kier molecular flexibility index (Phi) is 4.71. The molecule has 1 heterocycles. The third-order valence-electron chi connectivity index (χ3n) is 2.54. The Labute approximate surface area is 97.9 Å². The molecule has 4 heteroatoms. The molecule has 16 heavy (non-hydrogen) atoms. The maximum absolute atomic E-state index is 5.74. The summed E-state index contributed by atoms with van der Waals surface area (Å²) >= 11 is 0. The Morgan fingerprint density at radius 1 is 1.38 bits per heavy atom. The molecule has 1 aromatic heterocycles. The van der Waals surface area contributed by atoms with Gasteiger partial charge in [0.2, 0.25) is 0 Å². The van der Waals surface area contributed by atoms with Crippen LogP contribution in [0.1, 0.15) is 17.0 Å². The fourth-order valence-corrected chi connectivity index (χ4v) is 1.68. The molecule has 0 atom stereocenters. The van der Waals surface area contributed by atoms with Crippen LogP contribution in [0.25, 0.3) is 0 Å². The number of nitrogens with zero attached hydrogens (tertiary/aromatic N) is 2. The molecule has 0 saturated carbocycles. The molecule has 0 radical (unpaired) electrons. The van der Waals surface area contributed by atoms with Crippen molar-refractivity contribution in [3.05, 3.63) is 23.0 Å². The lowest BCUT2D eigenvalue weighted by Crippen LogP contribution is -2.21. The van der Waals surface area contributed by atoms with Crippen molar-refractivity contribution in [3.63, 3.8) is 0 Å². The van der Waals surface area contributed by atoms with Gasteiger partial charge in [-0.3, -0.25) is 4.98 Å². The van der Waals surface area contributed by atoms with E-state index >= 15 is 0 Å². The van der Waals surface area contributed by atoms with Crippen LogP contribution in [0.3, 0.4) is 0 Å². The summed E-state index contributed by atoms with van der Waals surface area (Å²) in [7, 11) is 4.13. The second kappa shape index (κ2) is 5.82. The monoisotopic (exact) mass is 222 g/mol. The highest BCUT2D eigenvalue weighted by atomic mass is 15.1. The standard InChI is InChI=1S/C12H22N4/c1-9-7-12(14-5-6-16(3)4)11(8-13)10(2)15-9/h7H,5-6,8,13H2,1-4H3,(H,14,15). The molecule has 0 aromatic carbocycles. The van der Waals surface area contributed by atoms with Crippen LogP contribution in [-0.4, -0.2) is 37.1 Å². The van der Waals surface area contributed by atoms with E-state index in [1.54, 1.807) is 0 Å². The number of hydrogen-bond donors (Lipinski definition) is 2.